The van der Waals surface area contributed by atoms with Gasteiger partial charge in [0.2, 0.25) is 5.91 Å². The van der Waals surface area contributed by atoms with Gasteiger partial charge in [0.1, 0.15) is 12.4 Å². The van der Waals surface area contributed by atoms with Crippen molar-refractivity contribution in [3.63, 3.8) is 0 Å². The lowest BCUT2D eigenvalue weighted by molar-refractivity contribution is -0.126. The van der Waals surface area contributed by atoms with Gasteiger partial charge in [0.15, 0.2) is 6.10 Å². The summed E-state index contributed by atoms with van der Waals surface area (Å²) < 4.78 is 5.69. The smallest absolute Gasteiger partial charge is 0.267 e. The van der Waals surface area contributed by atoms with Crippen molar-refractivity contribution in [3.05, 3.63) is 52.0 Å². The van der Waals surface area contributed by atoms with Crippen LogP contribution in [0.1, 0.15) is 12.5 Å². The van der Waals surface area contributed by atoms with Crippen LogP contribution < -0.4 is 20.3 Å². The summed E-state index contributed by atoms with van der Waals surface area (Å²) >= 11 is 12.0. The van der Waals surface area contributed by atoms with E-state index in [1.807, 2.05) is 18.2 Å². The number of rotatable bonds is 7. The average molecular weight is 438 g/mol. The van der Waals surface area contributed by atoms with Crippen LogP contribution in [0.3, 0.4) is 0 Å². The third-order valence-corrected chi connectivity index (χ3v) is 5.19. The second-order valence-electron chi connectivity index (χ2n) is 6.54. The van der Waals surface area contributed by atoms with Crippen molar-refractivity contribution in [2.75, 3.05) is 29.9 Å². The van der Waals surface area contributed by atoms with Gasteiger partial charge in [-0.05, 0) is 42.8 Å². The Morgan fingerprint density at radius 1 is 1.21 bits per heavy atom. The standard InChI is InChI=1S/C20H21Cl2N3O4/c1-12-20(28)25(7-6-23-19(27)11-26)17-9-14(3-5-18(17)29-12)24-10-13-2-4-15(21)16(22)8-13/h2-5,8-9,12,24,26H,6-7,10-11H2,1H3,(H,23,27). The van der Waals surface area contributed by atoms with Crippen molar-refractivity contribution in [2.45, 2.75) is 19.6 Å². The van der Waals surface area contributed by atoms with Crippen LogP contribution in [0.25, 0.3) is 0 Å². The fraction of sp³-hybridized carbons (Fsp3) is 0.300. The van der Waals surface area contributed by atoms with Crippen molar-refractivity contribution in [2.24, 2.45) is 0 Å². The molecule has 3 rings (SSSR count). The number of hydrogen-bond donors (Lipinski definition) is 3. The largest absolute Gasteiger partial charge is 0.479 e. The first kappa shape index (κ1) is 21.2. The summed E-state index contributed by atoms with van der Waals surface area (Å²) in [6.45, 7) is 2.10. The Morgan fingerprint density at radius 3 is 2.72 bits per heavy atom. The molecule has 2 aromatic carbocycles. The Bertz CT molecular complexity index is 923. The number of aliphatic hydroxyl groups excluding tert-OH is 1. The minimum atomic E-state index is -0.619. The highest BCUT2D eigenvalue weighted by atomic mass is 35.5. The van der Waals surface area contributed by atoms with Gasteiger partial charge >= 0.3 is 0 Å². The minimum absolute atomic E-state index is 0.197. The molecule has 154 valence electrons. The molecule has 3 N–H and O–H groups in total. The molecule has 1 heterocycles. The second-order valence-corrected chi connectivity index (χ2v) is 7.36. The highest BCUT2D eigenvalue weighted by molar-refractivity contribution is 6.42. The zero-order valence-electron chi connectivity index (χ0n) is 15.7. The van der Waals surface area contributed by atoms with Gasteiger partial charge in [-0.25, -0.2) is 0 Å². The zero-order valence-corrected chi connectivity index (χ0v) is 17.3. The maximum Gasteiger partial charge on any atom is 0.267 e. The van der Waals surface area contributed by atoms with Crippen LogP contribution in [-0.2, 0) is 16.1 Å². The number of ether oxygens (including phenoxy) is 1. The molecule has 0 aliphatic carbocycles. The average Bonchev–Trinajstić information content (AvgIpc) is 2.71. The molecule has 1 aliphatic rings. The van der Waals surface area contributed by atoms with E-state index in [9.17, 15) is 9.59 Å². The lowest BCUT2D eigenvalue weighted by Crippen LogP contribution is -2.47. The molecule has 7 nitrogen and oxygen atoms in total. The van der Waals surface area contributed by atoms with E-state index < -0.39 is 18.6 Å². The number of amides is 2. The summed E-state index contributed by atoms with van der Waals surface area (Å²) in [6, 6.07) is 10.9. The highest BCUT2D eigenvalue weighted by Gasteiger charge is 2.31. The number of nitrogens with one attached hydrogen (secondary N) is 2. The van der Waals surface area contributed by atoms with E-state index in [-0.39, 0.29) is 19.0 Å². The topological polar surface area (TPSA) is 90.9 Å². The summed E-state index contributed by atoms with van der Waals surface area (Å²) in [6.07, 6.45) is -0.619. The quantitative estimate of drug-likeness (QED) is 0.619. The predicted octanol–water partition coefficient (Wildman–Crippen LogP) is 2.83. The number of nitrogens with zero attached hydrogens (tertiary/aromatic N) is 1. The lowest BCUT2D eigenvalue weighted by Gasteiger charge is -2.33. The third-order valence-electron chi connectivity index (χ3n) is 4.45. The molecule has 29 heavy (non-hydrogen) atoms. The molecule has 0 aromatic heterocycles. The first-order chi connectivity index (χ1) is 13.9. The van der Waals surface area contributed by atoms with Gasteiger partial charge in [-0.15, -0.1) is 0 Å². The summed E-state index contributed by atoms with van der Waals surface area (Å²) in [4.78, 5) is 25.4. The van der Waals surface area contributed by atoms with Gasteiger partial charge in [-0.1, -0.05) is 29.3 Å². The van der Waals surface area contributed by atoms with E-state index in [1.54, 1.807) is 30.0 Å². The Labute approximate surface area is 178 Å². The van der Waals surface area contributed by atoms with Crippen molar-refractivity contribution in [1.29, 1.82) is 0 Å². The Hall–Kier alpha value is -2.48. The van der Waals surface area contributed by atoms with Crippen LogP contribution in [-0.4, -0.2) is 42.7 Å². The Balaban J connectivity index is 1.74. The second kappa shape index (κ2) is 9.35. The molecule has 0 spiro atoms. The van der Waals surface area contributed by atoms with Crippen molar-refractivity contribution in [3.8, 4) is 5.75 Å². The van der Waals surface area contributed by atoms with Crippen LogP contribution in [0.15, 0.2) is 36.4 Å². The molecule has 0 saturated carbocycles. The van der Waals surface area contributed by atoms with Gasteiger partial charge in [0, 0.05) is 25.3 Å². The maximum atomic E-state index is 12.6. The number of anilines is 2. The molecule has 1 unspecified atom stereocenters. The molecule has 0 saturated heterocycles. The van der Waals surface area contributed by atoms with Gasteiger partial charge in [0.25, 0.3) is 5.91 Å². The van der Waals surface area contributed by atoms with E-state index in [1.165, 1.54) is 0 Å². The molecular weight excluding hydrogens is 417 g/mol. The normalized spacial score (nSPS) is 15.5. The third kappa shape index (κ3) is 5.12. The van der Waals surface area contributed by atoms with Gasteiger partial charge in [-0.2, -0.15) is 0 Å². The summed E-state index contributed by atoms with van der Waals surface area (Å²) in [5.41, 5.74) is 2.37. The summed E-state index contributed by atoms with van der Waals surface area (Å²) in [7, 11) is 0. The molecule has 2 aromatic rings. The fourth-order valence-electron chi connectivity index (χ4n) is 2.96. The minimum Gasteiger partial charge on any atom is -0.479 e. The molecule has 1 atom stereocenters. The molecule has 0 radical (unpaired) electrons. The van der Waals surface area contributed by atoms with Crippen LogP contribution in [0.5, 0.6) is 5.75 Å². The van der Waals surface area contributed by atoms with Gasteiger partial charge in [0.05, 0.1) is 15.7 Å². The molecule has 0 bridgehead atoms. The number of fused-ring (bicyclic) bond motifs is 1. The molecular formula is C20H21Cl2N3O4. The van der Waals surface area contributed by atoms with Gasteiger partial charge < -0.3 is 25.4 Å². The summed E-state index contributed by atoms with van der Waals surface area (Å²) in [5.74, 6) is -0.0981. The predicted molar refractivity (Wildman–Crippen MR) is 113 cm³/mol. The molecule has 9 heteroatoms. The number of aliphatic hydroxyl groups is 1. The van der Waals surface area contributed by atoms with Crippen LogP contribution >= 0.6 is 23.2 Å². The first-order valence-corrected chi connectivity index (χ1v) is 9.82. The highest BCUT2D eigenvalue weighted by Crippen LogP contribution is 2.36. The fourth-order valence-corrected chi connectivity index (χ4v) is 3.29. The SMILES string of the molecule is CC1Oc2ccc(NCc3ccc(Cl)c(Cl)c3)cc2N(CCNC(=O)CO)C1=O. The maximum absolute atomic E-state index is 12.6. The van der Waals surface area contributed by atoms with Crippen LogP contribution in [0.4, 0.5) is 11.4 Å². The number of hydrogen-bond acceptors (Lipinski definition) is 5. The lowest BCUT2D eigenvalue weighted by atomic mass is 10.1. The number of carbonyl (C=O) groups excluding carboxylic acids is 2. The van der Waals surface area contributed by atoms with Crippen molar-refractivity contribution in [1.82, 2.24) is 5.32 Å². The number of benzene rings is 2. The zero-order chi connectivity index (χ0) is 21.0. The van der Waals surface area contributed by atoms with E-state index in [2.05, 4.69) is 10.6 Å². The molecule has 2 amide bonds. The molecule has 1 aliphatic heterocycles. The Kier molecular flexibility index (Phi) is 6.84. The van der Waals surface area contributed by atoms with E-state index >= 15 is 0 Å². The first-order valence-electron chi connectivity index (χ1n) is 9.06. The Morgan fingerprint density at radius 2 is 2.00 bits per heavy atom. The van der Waals surface area contributed by atoms with Crippen LogP contribution in [0, 0.1) is 0 Å². The number of carbonyl (C=O) groups is 2. The monoisotopic (exact) mass is 437 g/mol. The van der Waals surface area contributed by atoms with E-state index in [4.69, 9.17) is 33.0 Å². The number of halogens is 2. The van der Waals surface area contributed by atoms with Crippen molar-refractivity contribution < 1.29 is 19.4 Å². The van der Waals surface area contributed by atoms with Gasteiger partial charge in [-0.3, -0.25) is 9.59 Å². The van der Waals surface area contributed by atoms with Crippen molar-refractivity contribution >= 4 is 46.4 Å². The molecule has 0 fully saturated rings. The van der Waals surface area contributed by atoms with Crippen LogP contribution in [0.2, 0.25) is 10.0 Å². The van der Waals surface area contributed by atoms with E-state index in [0.29, 0.717) is 28.0 Å². The van der Waals surface area contributed by atoms with E-state index in [0.717, 1.165) is 11.3 Å². The summed E-state index contributed by atoms with van der Waals surface area (Å²) in [5, 5.41) is 15.6.